The number of halogens is 4. The van der Waals surface area contributed by atoms with E-state index in [0.717, 1.165) is 31.3 Å². The number of benzene rings is 2. The number of piperidine rings is 1. The summed E-state index contributed by atoms with van der Waals surface area (Å²) in [6.45, 7) is 2.96. The van der Waals surface area contributed by atoms with Gasteiger partial charge in [-0.2, -0.15) is 18.3 Å². The predicted octanol–water partition coefficient (Wildman–Crippen LogP) is 6.32. The number of methoxy groups -OCH3 is 1. The van der Waals surface area contributed by atoms with E-state index in [0.29, 0.717) is 21.5 Å². The van der Waals surface area contributed by atoms with Gasteiger partial charge in [0.15, 0.2) is 17.0 Å². The zero-order valence-corrected chi connectivity index (χ0v) is 21.3. The zero-order chi connectivity index (χ0) is 26.9. The first-order chi connectivity index (χ1) is 18.2. The van der Waals surface area contributed by atoms with Gasteiger partial charge in [-0.3, -0.25) is 9.69 Å². The Hall–Kier alpha value is -3.63. The SMILES string of the molecule is COc1cccc(-c2cc(C(F)(F)F)n3nc(C(=O)Nc4ccc(CN5CCCCC5)cc4)c(Cl)c3n2)c1. The molecular formula is C27H25ClF3N5O2. The quantitative estimate of drug-likeness (QED) is 0.308. The van der Waals surface area contributed by atoms with Gasteiger partial charge in [0, 0.05) is 17.8 Å². The largest absolute Gasteiger partial charge is 0.497 e. The molecule has 1 saturated heterocycles. The van der Waals surface area contributed by atoms with Gasteiger partial charge in [-0.25, -0.2) is 9.50 Å². The summed E-state index contributed by atoms with van der Waals surface area (Å²) in [5.41, 5.74) is 0.257. The Morgan fingerprint density at radius 3 is 2.50 bits per heavy atom. The fourth-order valence-electron chi connectivity index (χ4n) is 4.53. The molecule has 1 fully saturated rings. The Morgan fingerprint density at radius 2 is 1.82 bits per heavy atom. The lowest BCUT2D eigenvalue weighted by atomic mass is 10.1. The van der Waals surface area contributed by atoms with Crippen molar-refractivity contribution < 1.29 is 22.7 Å². The van der Waals surface area contributed by atoms with Gasteiger partial charge in [0.25, 0.3) is 5.91 Å². The molecule has 11 heteroatoms. The number of rotatable bonds is 6. The molecule has 0 saturated carbocycles. The standard InChI is InChI=1S/C27H25ClF3N5O2/c1-38-20-7-5-6-18(14-20)21-15-22(27(29,30)31)36-25(33-21)23(28)24(34-36)26(37)32-19-10-8-17(9-11-19)16-35-12-3-2-4-13-35/h5-11,14-15H,2-4,12-13,16H2,1H3,(H,32,37). The zero-order valence-electron chi connectivity index (χ0n) is 20.6. The molecule has 7 nitrogen and oxygen atoms in total. The van der Waals surface area contributed by atoms with Crippen molar-refractivity contribution >= 4 is 28.8 Å². The highest BCUT2D eigenvalue weighted by molar-refractivity contribution is 6.37. The van der Waals surface area contributed by atoms with Gasteiger partial charge >= 0.3 is 6.18 Å². The summed E-state index contributed by atoms with van der Waals surface area (Å²) in [5.74, 6) is -0.278. The van der Waals surface area contributed by atoms with E-state index in [-0.39, 0.29) is 22.1 Å². The Bertz CT molecular complexity index is 1460. The average molecular weight is 544 g/mol. The number of carbonyl (C=O) groups is 1. The van der Waals surface area contributed by atoms with E-state index in [9.17, 15) is 18.0 Å². The lowest BCUT2D eigenvalue weighted by Gasteiger charge is -2.26. The molecule has 0 radical (unpaired) electrons. The maximum atomic E-state index is 14.0. The first kappa shape index (κ1) is 26.0. The monoisotopic (exact) mass is 543 g/mol. The van der Waals surface area contributed by atoms with E-state index in [1.807, 2.05) is 12.1 Å². The van der Waals surface area contributed by atoms with Gasteiger partial charge < -0.3 is 10.1 Å². The molecule has 0 spiro atoms. The van der Waals surface area contributed by atoms with E-state index in [1.54, 1.807) is 36.4 Å². The molecule has 0 bridgehead atoms. The third kappa shape index (κ3) is 5.46. The van der Waals surface area contributed by atoms with Crippen LogP contribution in [0.15, 0.2) is 54.6 Å². The minimum atomic E-state index is -4.78. The maximum absolute atomic E-state index is 14.0. The molecule has 1 N–H and O–H groups in total. The first-order valence-corrected chi connectivity index (χ1v) is 12.5. The Morgan fingerprint density at radius 1 is 1.08 bits per heavy atom. The van der Waals surface area contributed by atoms with Crippen LogP contribution in [-0.4, -0.2) is 45.6 Å². The Labute approximate surface area is 222 Å². The summed E-state index contributed by atoms with van der Waals surface area (Å²) >= 11 is 6.39. The first-order valence-electron chi connectivity index (χ1n) is 12.2. The lowest BCUT2D eigenvalue weighted by molar-refractivity contribution is -0.142. The molecule has 3 heterocycles. The van der Waals surface area contributed by atoms with Gasteiger partial charge in [-0.05, 0) is 61.8 Å². The van der Waals surface area contributed by atoms with Crippen LogP contribution >= 0.6 is 11.6 Å². The van der Waals surface area contributed by atoms with E-state index in [2.05, 4.69) is 20.3 Å². The molecule has 198 valence electrons. The van der Waals surface area contributed by atoms with E-state index >= 15 is 0 Å². The average Bonchev–Trinajstić information content (AvgIpc) is 3.25. The highest BCUT2D eigenvalue weighted by atomic mass is 35.5. The van der Waals surface area contributed by atoms with Crippen molar-refractivity contribution in [2.45, 2.75) is 32.0 Å². The molecule has 0 unspecified atom stereocenters. The summed E-state index contributed by atoms with van der Waals surface area (Å²) in [7, 11) is 1.46. The third-order valence-electron chi connectivity index (χ3n) is 6.47. The highest BCUT2D eigenvalue weighted by Gasteiger charge is 2.36. The summed E-state index contributed by atoms with van der Waals surface area (Å²) in [4.78, 5) is 19.7. The molecule has 4 aromatic rings. The smallest absolute Gasteiger partial charge is 0.433 e. The number of hydrogen-bond acceptors (Lipinski definition) is 5. The number of ether oxygens (including phenoxy) is 1. The van der Waals surface area contributed by atoms with Crippen molar-refractivity contribution in [1.82, 2.24) is 19.5 Å². The van der Waals surface area contributed by atoms with Crippen molar-refractivity contribution in [2.75, 3.05) is 25.5 Å². The summed E-state index contributed by atoms with van der Waals surface area (Å²) in [6, 6.07) is 14.7. The number of hydrogen-bond donors (Lipinski definition) is 1. The van der Waals surface area contributed by atoms with E-state index in [4.69, 9.17) is 16.3 Å². The molecule has 0 atom stereocenters. The van der Waals surface area contributed by atoms with Crippen LogP contribution in [0.4, 0.5) is 18.9 Å². The van der Waals surface area contributed by atoms with Crippen molar-refractivity contribution in [3.05, 3.63) is 76.6 Å². The number of likely N-dealkylation sites (tertiary alicyclic amines) is 1. The summed E-state index contributed by atoms with van der Waals surface area (Å²) in [6.07, 6.45) is -1.13. The minimum Gasteiger partial charge on any atom is -0.497 e. The third-order valence-corrected chi connectivity index (χ3v) is 6.82. The number of nitrogens with one attached hydrogen (secondary N) is 1. The number of fused-ring (bicyclic) bond motifs is 1. The minimum absolute atomic E-state index is 0.0155. The van der Waals surface area contributed by atoms with Crippen molar-refractivity contribution in [3.8, 4) is 17.0 Å². The molecule has 2 aromatic carbocycles. The molecular weight excluding hydrogens is 519 g/mol. The number of amides is 1. The lowest BCUT2D eigenvalue weighted by Crippen LogP contribution is -2.29. The highest BCUT2D eigenvalue weighted by Crippen LogP contribution is 2.35. The fourth-order valence-corrected chi connectivity index (χ4v) is 4.77. The number of carbonyl (C=O) groups excluding carboxylic acids is 1. The van der Waals surface area contributed by atoms with Crippen molar-refractivity contribution in [1.29, 1.82) is 0 Å². The van der Waals surface area contributed by atoms with Gasteiger partial charge in [-0.1, -0.05) is 42.3 Å². The second kappa shape index (κ2) is 10.6. The topological polar surface area (TPSA) is 71.8 Å². The van der Waals surface area contributed by atoms with Crippen LogP contribution < -0.4 is 10.1 Å². The molecule has 2 aromatic heterocycles. The van der Waals surface area contributed by atoms with Crippen molar-refractivity contribution in [3.63, 3.8) is 0 Å². The predicted molar refractivity (Wildman–Crippen MR) is 139 cm³/mol. The normalized spacial score (nSPS) is 14.6. The summed E-state index contributed by atoms with van der Waals surface area (Å²) in [5, 5.41) is 6.29. The number of aromatic nitrogens is 3. The van der Waals surface area contributed by atoms with Crippen LogP contribution in [0.3, 0.4) is 0 Å². The molecule has 5 rings (SSSR count). The Kier molecular flexibility index (Phi) is 7.27. The summed E-state index contributed by atoms with van der Waals surface area (Å²) < 4.78 is 47.7. The van der Waals surface area contributed by atoms with Gasteiger partial charge in [0.2, 0.25) is 0 Å². The van der Waals surface area contributed by atoms with Gasteiger partial charge in [0.05, 0.1) is 12.8 Å². The van der Waals surface area contributed by atoms with E-state index < -0.39 is 17.8 Å². The fraction of sp³-hybridized carbons (Fsp3) is 0.296. The molecule has 38 heavy (non-hydrogen) atoms. The Balaban J connectivity index is 1.44. The van der Waals surface area contributed by atoms with E-state index in [1.165, 1.54) is 26.4 Å². The van der Waals surface area contributed by atoms with Crippen LogP contribution in [0.5, 0.6) is 5.75 Å². The number of anilines is 1. The second-order valence-corrected chi connectivity index (χ2v) is 9.52. The van der Waals surface area contributed by atoms with Gasteiger partial charge in [0.1, 0.15) is 10.8 Å². The molecule has 1 amide bonds. The second-order valence-electron chi connectivity index (χ2n) is 9.14. The number of alkyl halides is 3. The maximum Gasteiger partial charge on any atom is 0.433 e. The van der Waals surface area contributed by atoms with Crippen LogP contribution in [0, 0.1) is 0 Å². The van der Waals surface area contributed by atoms with Crippen molar-refractivity contribution in [2.24, 2.45) is 0 Å². The van der Waals surface area contributed by atoms with Crippen LogP contribution in [-0.2, 0) is 12.7 Å². The van der Waals surface area contributed by atoms with Crippen LogP contribution in [0.25, 0.3) is 16.9 Å². The van der Waals surface area contributed by atoms with Gasteiger partial charge in [-0.15, -0.1) is 0 Å². The molecule has 1 aliphatic rings. The van der Waals surface area contributed by atoms with Crippen LogP contribution in [0.2, 0.25) is 5.02 Å². The molecule has 1 aliphatic heterocycles. The number of nitrogens with zero attached hydrogens (tertiary/aromatic N) is 4. The molecule has 0 aliphatic carbocycles. The van der Waals surface area contributed by atoms with Crippen LogP contribution in [0.1, 0.15) is 41.0 Å².